The van der Waals surface area contributed by atoms with E-state index in [1.165, 1.54) is 24.3 Å². The molecule has 0 N–H and O–H groups in total. The van der Waals surface area contributed by atoms with Crippen LogP contribution in [0.4, 0.5) is 5.69 Å². The van der Waals surface area contributed by atoms with Gasteiger partial charge in [0, 0.05) is 0 Å². The number of carbonyl (C=O) groups is 3. The van der Waals surface area contributed by atoms with Crippen LogP contribution < -0.4 is 10.0 Å². The van der Waals surface area contributed by atoms with E-state index in [0.29, 0.717) is 0 Å². The summed E-state index contributed by atoms with van der Waals surface area (Å²) in [5, 5.41) is 11.1. The largest absolute Gasteiger partial charge is 0.545 e. The first-order valence-corrected chi connectivity index (χ1v) is 6.85. The summed E-state index contributed by atoms with van der Waals surface area (Å²) in [4.78, 5) is 36.6. The maximum absolute atomic E-state index is 12.4. The molecule has 110 valence electrons. The summed E-state index contributed by atoms with van der Waals surface area (Å²) < 4.78 is 0. The molecule has 2 amide bonds. The fraction of sp³-hybridized carbons (Fsp3) is 0. The summed E-state index contributed by atoms with van der Waals surface area (Å²) >= 11 is 11.9. The van der Waals surface area contributed by atoms with Gasteiger partial charge in [0.1, 0.15) is 0 Å². The van der Waals surface area contributed by atoms with Crippen molar-refractivity contribution >= 4 is 46.7 Å². The van der Waals surface area contributed by atoms with E-state index in [0.717, 1.165) is 11.0 Å². The first kappa shape index (κ1) is 14.6. The van der Waals surface area contributed by atoms with Crippen LogP contribution in [0.25, 0.3) is 0 Å². The number of hydrogen-bond donors (Lipinski definition) is 0. The van der Waals surface area contributed by atoms with Gasteiger partial charge in [-0.05, 0) is 29.8 Å². The Hall–Kier alpha value is -2.37. The Morgan fingerprint density at radius 3 is 2.36 bits per heavy atom. The van der Waals surface area contributed by atoms with Gasteiger partial charge in [0.2, 0.25) is 0 Å². The highest BCUT2D eigenvalue weighted by Crippen LogP contribution is 2.37. The van der Waals surface area contributed by atoms with Crippen LogP contribution in [-0.4, -0.2) is 17.8 Å². The topological polar surface area (TPSA) is 77.5 Å². The Morgan fingerprint density at radius 1 is 1.00 bits per heavy atom. The van der Waals surface area contributed by atoms with Crippen molar-refractivity contribution in [1.82, 2.24) is 0 Å². The van der Waals surface area contributed by atoms with Crippen LogP contribution in [0.3, 0.4) is 0 Å². The van der Waals surface area contributed by atoms with E-state index in [9.17, 15) is 19.5 Å². The third-order valence-electron chi connectivity index (χ3n) is 3.29. The number of imide groups is 1. The second kappa shape index (κ2) is 5.12. The van der Waals surface area contributed by atoms with Gasteiger partial charge in [-0.1, -0.05) is 35.3 Å². The van der Waals surface area contributed by atoms with Gasteiger partial charge in [0.25, 0.3) is 11.8 Å². The van der Waals surface area contributed by atoms with Crippen molar-refractivity contribution in [2.24, 2.45) is 0 Å². The molecular formula is C15H6Cl2NO4-. The standard InChI is InChI=1S/C15H7Cl2NO4/c16-10-2-1-3-11(12(10)17)18-13(19)8-5-4-7(15(21)22)6-9(8)14(18)20/h1-6H,(H,21,22)/p-1. The summed E-state index contributed by atoms with van der Waals surface area (Å²) in [6.07, 6.45) is 0. The first-order valence-electron chi connectivity index (χ1n) is 6.10. The van der Waals surface area contributed by atoms with E-state index in [1.54, 1.807) is 6.07 Å². The molecule has 3 rings (SSSR count). The van der Waals surface area contributed by atoms with E-state index in [1.807, 2.05) is 0 Å². The molecule has 0 aromatic heterocycles. The maximum Gasteiger partial charge on any atom is 0.266 e. The molecule has 0 atom stereocenters. The van der Waals surface area contributed by atoms with Crippen LogP contribution in [0.1, 0.15) is 31.1 Å². The maximum atomic E-state index is 12.4. The fourth-order valence-electron chi connectivity index (χ4n) is 2.25. The molecule has 0 bridgehead atoms. The van der Waals surface area contributed by atoms with Crippen molar-refractivity contribution in [2.45, 2.75) is 0 Å². The fourth-order valence-corrected chi connectivity index (χ4v) is 2.63. The van der Waals surface area contributed by atoms with Gasteiger partial charge in [-0.2, -0.15) is 0 Å². The van der Waals surface area contributed by atoms with Crippen molar-refractivity contribution < 1.29 is 19.5 Å². The number of carbonyl (C=O) groups excluding carboxylic acids is 3. The lowest BCUT2D eigenvalue weighted by atomic mass is 10.1. The third kappa shape index (κ3) is 2.06. The SMILES string of the molecule is O=C([O-])c1ccc2c(c1)C(=O)N(c1cccc(Cl)c1Cl)C2=O. The monoisotopic (exact) mass is 334 g/mol. The minimum absolute atomic E-state index is 0.0113. The van der Waals surface area contributed by atoms with Gasteiger partial charge < -0.3 is 9.90 Å². The number of anilines is 1. The molecule has 1 heterocycles. The number of nitrogens with zero attached hydrogens (tertiary/aromatic N) is 1. The number of aromatic carboxylic acids is 1. The molecule has 1 aliphatic heterocycles. The zero-order chi connectivity index (χ0) is 16.0. The lowest BCUT2D eigenvalue weighted by Gasteiger charge is -2.15. The predicted octanol–water partition coefficient (Wildman–Crippen LogP) is 2.16. The Labute approximate surface area is 134 Å². The number of amides is 2. The molecule has 0 saturated heterocycles. The minimum Gasteiger partial charge on any atom is -0.545 e. The minimum atomic E-state index is -1.43. The summed E-state index contributed by atoms with van der Waals surface area (Å²) in [5.41, 5.74) is 0.0584. The second-order valence-corrected chi connectivity index (χ2v) is 5.35. The molecule has 5 nitrogen and oxygen atoms in total. The summed E-state index contributed by atoms with van der Waals surface area (Å²) in [6, 6.07) is 8.17. The van der Waals surface area contributed by atoms with Gasteiger partial charge in [-0.25, -0.2) is 4.90 Å². The first-order chi connectivity index (χ1) is 10.4. The van der Waals surface area contributed by atoms with Gasteiger partial charge in [-0.15, -0.1) is 0 Å². The zero-order valence-corrected chi connectivity index (χ0v) is 12.3. The third-order valence-corrected chi connectivity index (χ3v) is 4.10. The molecule has 0 spiro atoms. The van der Waals surface area contributed by atoms with E-state index in [2.05, 4.69) is 0 Å². The van der Waals surface area contributed by atoms with Crippen LogP contribution in [0.2, 0.25) is 10.0 Å². The number of fused-ring (bicyclic) bond motifs is 1. The summed E-state index contributed by atoms with van der Waals surface area (Å²) in [7, 11) is 0. The van der Waals surface area contributed by atoms with Gasteiger partial charge in [0.05, 0.1) is 32.8 Å². The highest BCUT2D eigenvalue weighted by molar-refractivity contribution is 6.46. The van der Waals surface area contributed by atoms with E-state index in [-0.39, 0.29) is 32.4 Å². The number of halogens is 2. The van der Waals surface area contributed by atoms with Crippen LogP contribution in [0.15, 0.2) is 36.4 Å². The Kier molecular flexibility index (Phi) is 3.39. The molecule has 22 heavy (non-hydrogen) atoms. The van der Waals surface area contributed by atoms with Crippen molar-refractivity contribution in [1.29, 1.82) is 0 Å². The van der Waals surface area contributed by atoms with Gasteiger partial charge in [-0.3, -0.25) is 9.59 Å². The molecule has 0 saturated carbocycles. The average molecular weight is 335 g/mol. The van der Waals surface area contributed by atoms with Gasteiger partial charge in [0.15, 0.2) is 0 Å². The smallest absolute Gasteiger partial charge is 0.266 e. The summed E-state index contributed by atoms with van der Waals surface area (Å²) in [6.45, 7) is 0. The van der Waals surface area contributed by atoms with Crippen LogP contribution in [0.5, 0.6) is 0 Å². The number of hydrogen-bond acceptors (Lipinski definition) is 4. The number of rotatable bonds is 2. The molecule has 2 aromatic carbocycles. The average Bonchev–Trinajstić information content (AvgIpc) is 2.74. The van der Waals surface area contributed by atoms with Gasteiger partial charge >= 0.3 is 0 Å². The Balaban J connectivity index is 2.14. The molecule has 0 unspecified atom stereocenters. The quantitative estimate of drug-likeness (QED) is 0.788. The molecule has 0 aliphatic carbocycles. The van der Waals surface area contributed by atoms with Crippen molar-refractivity contribution in [3.8, 4) is 0 Å². The molecule has 0 radical (unpaired) electrons. The number of carboxylic acids is 1. The molecule has 7 heteroatoms. The van der Waals surface area contributed by atoms with E-state index in [4.69, 9.17) is 23.2 Å². The lowest BCUT2D eigenvalue weighted by molar-refractivity contribution is -0.255. The highest BCUT2D eigenvalue weighted by Gasteiger charge is 2.38. The normalized spacial score (nSPS) is 13.5. The van der Waals surface area contributed by atoms with Crippen LogP contribution in [-0.2, 0) is 0 Å². The molecular weight excluding hydrogens is 329 g/mol. The molecule has 2 aromatic rings. The van der Waals surface area contributed by atoms with Crippen molar-refractivity contribution in [2.75, 3.05) is 4.90 Å². The summed E-state index contributed by atoms with van der Waals surface area (Å²) in [5.74, 6) is -2.68. The number of benzene rings is 2. The van der Waals surface area contributed by atoms with Crippen LogP contribution >= 0.6 is 23.2 Å². The molecule has 0 fully saturated rings. The Morgan fingerprint density at radius 2 is 1.68 bits per heavy atom. The molecule has 1 aliphatic rings. The van der Waals surface area contributed by atoms with Crippen molar-refractivity contribution in [3.63, 3.8) is 0 Å². The van der Waals surface area contributed by atoms with Crippen LogP contribution in [0, 0.1) is 0 Å². The van der Waals surface area contributed by atoms with E-state index < -0.39 is 17.8 Å². The Bertz CT molecular complexity index is 847. The second-order valence-electron chi connectivity index (χ2n) is 4.57. The van der Waals surface area contributed by atoms with Crippen molar-refractivity contribution in [3.05, 3.63) is 63.1 Å². The van der Waals surface area contributed by atoms with E-state index >= 15 is 0 Å². The highest BCUT2D eigenvalue weighted by atomic mass is 35.5. The predicted molar refractivity (Wildman–Crippen MR) is 78.4 cm³/mol. The zero-order valence-electron chi connectivity index (χ0n) is 10.8. The lowest BCUT2D eigenvalue weighted by Crippen LogP contribution is -2.29. The number of carboxylic acid groups (broad SMARTS) is 1.